The van der Waals surface area contributed by atoms with E-state index in [0.29, 0.717) is 0 Å². The number of aromatic nitrogens is 4. The van der Waals surface area contributed by atoms with Gasteiger partial charge in [0, 0.05) is 18.9 Å². The van der Waals surface area contributed by atoms with Gasteiger partial charge in [-0.25, -0.2) is 14.4 Å². The van der Waals surface area contributed by atoms with Crippen LogP contribution < -0.4 is 0 Å². The van der Waals surface area contributed by atoms with Crippen molar-refractivity contribution in [1.82, 2.24) is 24.4 Å². The van der Waals surface area contributed by atoms with Crippen molar-refractivity contribution in [3.8, 4) is 5.82 Å². The van der Waals surface area contributed by atoms with E-state index in [1.807, 2.05) is 29.1 Å². The molecule has 1 aliphatic rings. The second-order valence-electron chi connectivity index (χ2n) is 6.03. The van der Waals surface area contributed by atoms with Gasteiger partial charge in [0.2, 0.25) is 0 Å². The minimum atomic E-state index is -0.198. The second-order valence-corrected chi connectivity index (χ2v) is 6.03. The summed E-state index contributed by atoms with van der Waals surface area (Å²) < 4.78 is 14.9. The molecule has 0 bridgehead atoms. The van der Waals surface area contributed by atoms with Crippen LogP contribution in [-0.4, -0.2) is 31.0 Å². The van der Waals surface area contributed by atoms with Crippen LogP contribution in [0.25, 0.3) is 5.82 Å². The summed E-state index contributed by atoms with van der Waals surface area (Å²) >= 11 is 0. The van der Waals surface area contributed by atoms with Crippen molar-refractivity contribution in [2.24, 2.45) is 0 Å². The summed E-state index contributed by atoms with van der Waals surface area (Å²) in [5, 5.41) is 0. The molecule has 0 spiro atoms. The SMILES string of the molecule is Fc1ccc(CN2CCC[C@H]2c2cncc(-n3ccnc3)n2)cc1. The third-order valence-electron chi connectivity index (χ3n) is 4.41. The first-order valence-electron chi connectivity index (χ1n) is 8.08. The van der Waals surface area contributed by atoms with Crippen LogP contribution in [0.15, 0.2) is 55.4 Å². The maximum Gasteiger partial charge on any atom is 0.156 e. The average Bonchev–Trinajstić information content (AvgIpc) is 3.29. The van der Waals surface area contributed by atoms with Gasteiger partial charge in [-0.3, -0.25) is 14.5 Å². The van der Waals surface area contributed by atoms with Gasteiger partial charge in [0.1, 0.15) is 12.1 Å². The van der Waals surface area contributed by atoms with Crippen LogP contribution in [0.5, 0.6) is 0 Å². The van der Waals surface area contributed by atoms with Gasteiger partial charge in [0.25, 0.3) is 0 Å². The predicted molar refractivity (Wildman–Crippen MR) is 87.9 cm³/mol. The number of rotatable bonds is 4. The third kappa shape index (κ3) is 3.05. The maximum atomic E-state index is 13.1. The fourth-order valence-corrected chi connectivity index (χ4v) is 3.22. The number of nitrogens with zero attached hydrogens (tertiary/aromatic N) is 5. The number of benzene rings is 1. The van der Waals surface area contributed by atoms with Crippen LogP contribution in [-0.2, 0) is 6.54 Å². The number of likely N-dealkylation sites (tertiary alicyclic amines) is 1. The Hall–Kier alpha value is -2.60. The lowest BCUT2D eigenvalue weighted by molar-refractivity contribution is 0.244. The lowest BCUT2D eigenvalue weighted by Crippen LogP contribution is -2.24. The number of halogens is 1. The predicted octanol–water partition coefficient (Wildman–Crippen LogP) is 3.14. The standard InChI is InChI=1S/C18H18FN5/c19-15-5-3-14(4-6-15)12-23-8-1-2-17(23)16-10-21-11-18(22-16)24-9-7-20-13-24/h3-7,9-11,13,17H,1-2,8,12H2/t17-/m0/s1. The van der Waals surface area contributed by atoms with E-state index in [0.717, 1.165) is 43.0 Å². The summed E-state index contributed by atoms with van der Waals surface area (Å²) in [7, 11) is 0. The summed E-state index contributed by atoms with van der Waals surface area (Å²) in [6.45, 7) is 1.81. The molecule has 0 saturated carbocycles. The van der Waals surface area contributed by atoms with E-state index in [1.54, 1.807) is 18.7 Å². The zero-order valence-corrected chi connectivity index (χ0v) is 13.2. The Morgan fingerprint density at radius 2 is 2.00 bits per heavy atom. The van der Waals surface area contributed by atoms with Gasteiger partial charge in [-0.1, -0.05) is 12.1 Å². The fraction of sp³-hybridized carbons (Fsp3) is 0.278. The molecule has 122 valence electrons. The minimum absolute atomic E-state index is 0.198. The maximum absolute atomic E-state index is 13.1. The van der Waals surface area contributed by atoms with Crippen LogP contribution in [0, 0.1) is 5.82 Å². The molecule has 4 rings (SSSR count). The van der Waals surface area contributed by atoms with Crippen molar-refractivity contribution >= 4 is 0 Å². The normalized spacial score (nSPS) is 18.1. The van der Waals surface area contributed by atoms with Crippen molar-refractivity contribution in [1.29, 1.82) is 0 Å². The van der Waals surface area contributed by atoms with Crippen molar-refractivity contribution in [2.45, 2.75) is 25.4 Å². The Morgan fingerprint density at radius 1 is 1.12 bits per heavy atom. The first kappa shape index (κ1) is 15.0. The van der Waals surface area contributed by atoms with Crippen molar-refractivity contribution in [3.63, 3.8) is 0 Å². The summed E-state index contributed by atoms with van der Waals surface area (Å²) in [6.07, 6.45) is 11.1. The quantitative estimate of drug-likeness (QED) is 0.740. The van der Waals surface area contributed by atoms with Gasteiger partial charge in [-0.15, -0.1) is 0 Å². The Bertz CT molecular complexity index is 801. The van der Waals surface area contributed by atoms with Crippen LogP contribution in [0.2, 0.25) is 0 Å². The second kappa shape index (κ2) is 6.49. The van der Waals surface area contributed by atoms with Gasteiger partial charge < -0.3 is 0 Å². The minimum Gasteiger partial charge on any atom is -0.290 e. The van der Waals surface area contributed by atoms with E-state index in [1.165, 1.54) is 12.1 Å². The highest BCUT2D eigenvalue weighted by atomic mass is 19.1. The zero-order chi connectivity index (χ0) is 16.4. The molecule has 3 aromatic rings. The summed E-state index contributed by atoms with van der Waals surface area (Å²) in [4.78, 5) is 15.6. The van der Waals surface area contributed by atoms with E-state index in [2.05, 4.69) is 14.9 Å². The monoisotopic (exact) mass is 323 g/mol. The molecule has 0 N–H and O–H groups in total. The van der Waals surface area contributed by atoms with Gasteiger partial charge in [-0.2, -0.15) is 0 Å². The first-order valence-corrected chi connectivity index (χ1v) is 8.08. The molecule has 0 aliphatic carbocycles. The van der Waals surface area contributed by atoms with E-state index in [9.17, 15) is 4.39 Å². The van der Waals surface area contributed by atoms with Crippen molar-refractivity contribution in [2.75, 3.05) is 6.54 Å². The molecule has 24 heavy (non-hydrogen) atoms. The van der Waals surface area contributed by atoms with Crippen LogP contribution in [0.3, 0.4) is 0 Å². The topological polar surface area (TPSA) is 46.8 Å². The number of hydrogen-bond donors (Lipinski definition) is 0. The molecular weight excluding hydrogens is 305 g/mol. The van der Waals surface area contributed by atoms with Crippen molar-refractivity contribution in [3.05, 3.63) is 72.5 Å². The van der Waals surface area contributed by atoms with E-state index < -0.39 is 0 Å². The molecule has 0 unspecified atom stereocenters. The molecule has 6 heteroatoms. The van der Waals surface area contributed by atoms with Crippen LogP contribution >= 0.6 is 0 Å². The first-order chi connectivity index (χ1) is 11.8. The highest BCUT2D eigenvalue weighted by molar-refractivity contribution is 5.22. The highest BCUT2D eigenvalue weighted by Crippen LogP contribution is 2.32. The molecular formula is C18H18FN5. The lowest BCUT2D eigenvalue weighted by atomic mass is 10.1. The van der Waals surface area contributed by atoms with E-state index in [4.69, 9.17) is 4.98 Å². The zero-order valence-electron chi connectivity index (χ0n) is 13.2. The Balaban J connectivity index is 1.56. The molecule has 1 saturated heterocycles. The smallest absolute Gasteiger partial charge is 0.156 e. The summed E-state index contributed by atoms with van der Waals surface area (Å²) in [5.74, 6) is 0.578. The Morgan fingerprint density at radius 3 is 2.79 bits per heavy atom. The van der Waals surface area contributed by atoms with E-state index >= 15 is 0 Å². The average molecular weight is 323 g/mol. The molecule has 0 amide bonds. The molecule has 1 atom stereocenters. The summed E-state index contributed by atoms with van der Waals surface area (Å²) in [5.41, 5.74) is 2.09. The van der Waals surface area contributed by atoms with E-state index in [-0.39, 0.29) is 11.9 Å². The molecule has 0 radical (unpaired) electrons. The van der Waals surface area contributed by atoms with Crippen molar-refractivity contribution < 1.29 is 4.39 Å². The van der Waals surface area contributed by atoms with Gasteiger partial charge in [0.05, 0.1) is 24.1 Å². The molecule has 1 fully saturated rings. The Kier molecular flexibility index (Phi) is 4.04. The van der Waals surface area contributed by atoms with Gasteiger partial charge in [-0.05, 0) is 37.1 Å². The van der Waals surface area contributed by atoms with Crippen LogP contribution in [0.1, 0.15) is 30.1 Å². The molecule has 1 aliphatic heterocycles. The van der Waals surface area contributed by atoms with Gasteiger partial charge >= 0.3 is 0 Å². The molecule has 1 aromatic carbocycles. The fourth-order valence-electron chi connectivity index (χ4n) is 3.22. The molecule has 5 nitrogen and oxygen atoms in total. The number of imidazole rings is 1. The molecule has 3 heterocycles. The highest BCUT2D eigenvalue weighted by Gasteiger charge is 2.27. The largest absolute Gasteiger partial charge is 0.290 e. The van der Waals surface area contributed by atoms with Gasteiger partial charge in [0.15, 0.2) is 5.82 Å². The lowest BCUT2D eigenvalue weighted by Gasteiger charge is -2.24. The molecule has 2 aromatic heterocycles. The summed E-state index contributed by atoms with van der Waals surface area (Å²) in [6, 6.07) is 6.96. The Labute approximate surface area is 139 Å². The third-order valence-corrected chi connectivity index (χ3v) is 4.41. The van der Waals surface area contributed by atoms with Crippen LogP contribution in [0.4, 0.5) is 4.39 Å². The number of hydrogen-bond acceptors (Lipinski definition) is 4.